The topological polar surface area (TPSA) is 172 Å². The second-order valence-electron chi connectivity index (χ2n) is 0.894. The van der Waals surface area contributed by atoms with E-state index in [1.807, 2.05) is 0 Å². The molecule has 16 heteroatoms. The van der Waals surface area contributed by atoms with Crippen LogP contribution in [0.2, 0.25) is 0 Å². The van der Waals surface area contributed by atoms with Gasteiger partial charge in [-0.3, -0.25) is 0 Å². The Morgan fingerprint density at radius 1 is 0.500 bits per heavy atom. The van der Waals surface area contributed by atoms with Crippen LogP contribution in [-0.2, 0) is 6.03 Å². The summed E-state index contributed by atoms with van der Waals surface area (Å²) in [5, 5.41) is 0. The van der Waals surface area contributed by atoms with Gasteiger partial charge >= 0.3 is 309 Å². The second-order valence-corrected chi connectivity index (χ2v) is 6.00. The van der Waals surface area contributed by atoms with Crippen LogP contribution >= 0.6 is 0 Å². The van der Waals surface area contributed by atoms with Crippen molar-refractivity contribution in [2.75, 3.05) is 0 Å². The summed E-state index contributed by atoms with van der Waals surface area (Å²) in [6.07, 6.45) is 0. The standard InChI is InChI=1S/3K.3Na.8O.2Sb/q6*+1;;;6*-1;;. The molecule has 0 heterocycles. The van der Waals surface area contributed by atoms with Crippen molar-refractivity contribution < 1.29 is 269 Å². The van der Waals surface area contributed by atoms with Gasteiger partial charge in [-0.2, -0.15) is 0 Å². The summed E-state index contributed by atoms with van der Waals surface area (Å²) in [6, 6.07) is 0. The van der Waals surface area contributed by atoms with Crippen molar-refractivity contribution in [3.05, 3.63) is 0 Å². The van der Waals surface area contributed by atoms with E-state index in [2.05, 4.69) is 0 Å². The molecule has 0 N–H and O–H groups in total. The van der Waals surface area contributed by atoms with Crippen LogP contribution in [-0.4, -0.2) is 40.1 Å². The molecule has 0 aliphatic heterocycles. The van der Waals surface area contributed by atoms with E-state index in [0.717, 1.165) is 0 Å². The van der Waals surface area contributed by atoms with Crippen molar-refractivity contribution >= 4 is 40.1 Å². The molecule has 0 aliphatic rings. The zero-order valence-electron chi connectivity index (χ0n) is 10.2. The van der Waals surface area contributed by atoms with Crippen LogP contribution in [0.3, 0.4) is 0 Å². The van der Waals surface area contributed by atoms with Crippen molar-refractivity contribution in [3.63, 3.8) is 0 Å². The predicted molar refractivity (Wildman–Crippen MR) is 12.9 cm³/mol. The molecule has 0 saturated carbocycles. The van der Waals surface area contributed by atoms with Crippen LogP contribution in [0.5, 0.6) is 0 Å². The molecule has 0 bridgehead atoms. The Bertz CT molecular complexity index is 141. The van der Waals surface area contributed by atoms with Crippen LogP contribution in [0.4, 0.5) is 0 Å². The van der Waals surface area contributed by atoms with Crippen molar-refractivity contribution in [1.29, 1.82) is 0 Å². The molecule has 0 unspecified atom stereocenters. The van der Waals surface area contributed by atoms with Gasteiger partial charge in [0.2, 0.25) is 0 Å². The van der Waals surface area contributed by atoms with Crippen molar-refractivity contribution in [2.45, 2.75) is 0 Å². The Kier molecular flexibility index (Phi) is 89.3. The monoisotopic (exact) mass is 556 g/mol. The minimum atomic E-state index is -6.10. The summed E-state index contributed by atoms with van der Waals surface area (Å²) in [6.45, 7) is 0. The molecule has 0 spiro atoms. The van der Waals surface area contributed by atoms with E-state index in [1.165, 1.54) is 0 Å². The number of hydrogen-bond donors (Lipinski definition) is 0. The Balaban J connectivity index is -0.00000000970. The number of hydrogen-bond acceptors (Lipinski definition) is 8. The number of rotatable bonds is 0. The minimum absolute atomic E-state index is 0. The van der Waals surface area contributed by atoms with Gasteiger partial charge in [-0.1, -0.05) is 0 Å². The molecular formula is K3Na3O8Sb2. The van der Waals surface area contributed by atoms with Crippen LogP contribution < -0.4 is 263 Å². The van der Waals surface area contributed by atoms with E-state index in [0.29, 0.717) is 0 Å². The predicted octanol–water partition coefficient (Wildman–Crippen LogP) is -26.1. The van der Waals surface area contributed by atoms with E-state index in [4.69, 9.17) is 26.3 Å². The van der Waals surface area contributed by atoms with E-state index in [1.54, 1.807) is 0 Å². The molecular weight excluding hydrogens is 558 g/mol. The average molecular weight is 558 g/mol. The van der Waals surface area contributed by atoms with E-state index in [-0.39, 0.29) is 243 Å². The van der Waals surface area contributed by atoms with Gasteiger partial charge in [0.1, 0.15) is 0 Å². The molecule has 0 aromatic heterocycles. The van der Waals surface area contributed by atoms with Gasteiger partial charge in [0, 0.05) is 0 Å². The maximum absolute atomic E-state index is 8.64. The van der Waals surface area contributed by atoms with Crippen LogP contribution in [0.25, 0.3) is 0 Å². The molecule has 64 valence electrons. The van der Waals surface area contributed by atoms with Crippen LogP contribution in [0.1, 0.15) is 0 Å². The SMILES string of the molecule is [K+].[K+].[K+].[Na+].[Na+].[Na+].[O]=[Sb]([O-])([O-])[O-].[O]=[Sb]([O-])([O-])[O-]. The van der Waals surface area contributed by atoms with Gasteiger partial charge in [0.05, 0.1) is 0 Å². The molecule has 0 fully saturated rings. The summed E-state index contributed by atoms with van der Waals surface area (Å²) in [7, 11) is 0. The first kappa shape index (κ1) is 49.8. The maximum atomic E-state index is 8.64. The zero-order valence-corrected chi connectivity index (χ0v) is 30.6. The Hall–Kier alpha value is 8.91. The first-order chi connectivity index (χ1) is 4.00. The fraction of sp³-hybridized carbons (Fsp3) is 0. The molecule has 8 nitrogen and oxygen atoms in total. The Labute approximate surface area is 298 Å². The van der Waals surface area contributed by atoms with Crippen molar-refractivity contribution in [2.24, 2.45) is 0 Å². The second kappa shape index (κ2) is 28.7. The van der Waals surface area contributed by atoms with E-state index < -0.39 is 40.1 Å². The molecule has 0 atom stereocenters. The Morgan fingerprint density at radius 3 is 0.500 bits per heavy atom. The van der Waals surface area contributed by atoms with E-state index in [9.17, 15) is 0 Å². The molecule has 16 heavy (non-hydrogen) atoms. The third-order valence-electron chi connectivity index (χ3n) is 0. The fourth-order valence-electron chi connectivity index (χ4n) is 0. The summed E-state index contributed by atoms with van der Waals surface area (Å²) < 4.78 is 69.1. The molecule has 0 aromatic rings. The van der Waals surface area contributed by atoms with Gasteiger partial charge in [-0.05, 0) is 0 Å². The quantitative estimate of drug-likeness (QED) is 0.264. The van der Waals surface area contributed by atoms with Gasteiger partial charge < -0.3 is 0 Å². The average Bonchev–Trinajstić information content (AvgIpc) is 1.12. The Morgan fingerprint density at radius 2 is 0.500 bits per heavy atom. The molecule has 0 rings (SSSR count). The third kappa shape index (κ3) is 139. The van der Waals surface area contributed by atoms with Crippen molar-refractivity contribution in [3.8, 4) is 0 Å². The van der Waals surface area contributed by atoms with Gasteiger partial charge in [-0.15, -0.1) is 0 Å². The van der Waals surface area contributed by atoms with Crippen LogP contribution in [0.15, 0.2) is 0 Å². The molecule has 0 aliphatic carbocycles. The van der Waals surface area contributed by atoms with Crippen molar-refractivity contribution in [1.82, 2.24) is 0 Å². The molecule has 0 aromatic carbocycles. The first-order valence-corrected chi connectivity index (χ1v) is 9.80. The van der Waals surface area contributed by atoms with Gasteiger partial charge in [0.15, 0.2) is 0 Å². The van der Waals surface area contributed by atoms with E-state index >= 15 is 0 Å². The molecule has 0 amide bonds. The first-order valence-electron chi connectivity index (χ1n) is 1.46. The third-order valence-corrected chi connectivity index (χ3v) is 0. The normalized spacial score (nSPS) is 7.38. The fourth-order valence-corrected chi connectivity index (χ4v) is 0. The van der Waals surface area contributed by atoms with Gasteiger partial charge in [0.25, 0.3) is 0 Å². The van der Waals surface area contributed by atoms with Crippen LogP contribution in [0, 0.1) is 0 Å². The molecule has 0 saturated heterocycles. The zero-order chi connectivity index (χ0) is 9.00. The van der Waals surface area contributed by atoms with Gasteiger partial charge in [-0.25, -0.2) is 0 Å². The summed E-state index contributed by atoms with van der Waals surface area (Å²) >= 11 is -12.2. The summed E-state index contributed by atoms with van der Waals surface area (Å²) in [5.74, 6) is 0. The summed E-state index contributed by atoms with van der Waals surface area (Å²) in [4.78, 5) is 0. The molecule has 0 radical (unpaired) electrons. The summed E-state index contributed by atoms with van der Waals surface area (Å²) in [5.41, 5.74) is 0.